The number of hydrogen-bond donors (Lipinski definition) is 0. The Morgan fingerprint density at radius 2 is 2.12 bits per heavy atom. The first kappa shape index (κ1) is 16.7. The molecule has 5 nitrogen and oxygen atoms in total. The normalized spacial score (nSPS) is 17.8. The standard InChI is InChI=1S/C18H19BrN4OS/c1-2-14-11-25-17(20-14)13-4-3-9-23(10-13)15-7-5-12(6-8-15)16-21-22-18(19)24-16/h5-8,11,13H,2-4,9-10H2,1H3/t13-/m1/s1. The monoisotopic (exact) mass is 418 g/mol. The van der Waals surface area contributed by atoms with Gasteiger partial charge in [-0.25, -0.2) is 4.98 Å². The smallest absolute Gasteiger partial charge is 0.285 e. The van der Waals surface area contributed by atoms with Crippen LogP contribution in [0, 0.1) is 0 Å². The molecule has 0 amide bonds. The van der Waals surface area contributed by atoms with Crippen molar-refractivity contribution in [1.29, 1.82) is 0 Å². The lowest BCUT2D eigenvalue weighted by Crippen LogP contribution is -2.34. The van der Waals surface area contributed by atoms with Gasteiger partial charge in [0.25, 0.3) is 4.80 Å². The molecule has 2 aromatic heterocycles. The second-order valence-electron chi connectivity index (χ2n) is 6.22. The lowest BCUT2D eigenvalue weighted by atomic mass is 9.98. The van der Waals surface area contributed by atoms with Gasteiger partial charge in [0.1, 0.15) is 0 Å². The van der Waals surface area contributed by atoms with E-state index in [1.54, 1.807) is 0 Å². The summed E-state index contributed by atoms with van der Waals surface area (Å²) in [6.45, 7) is 4.28. The van der Waals surface area contributed by atoms with Gasteiger partial charge < -0.3 is 9.32 Å². The van der Waals surface area contributed by atoms with Crippen LogP contribution in [0.2, 0.25) is 0 Å². The molecule has 0 radical (unpaired) electrons. The number of nitrogens with zero attached hydrogens (tertiary/aromatic N) is 4. The average Bonchev–Trinajstić information content (AvgIpc) is 3.31. The fourth-order valence-corrected chi connectivity index (χ4v) is 4.49. The van der Waals surface area contributed by atoms with Crippen molar-refractivity contribution >= 4 is 33.0 Å². The maximum absolute atomic E-state index is 5.42. The Labute approximate surface area is 159 Å². The molecule has 0 N–H and O–H groups in total. The van der Waals surface area contributed by atoms with Crippen LogP contribution in [-0.2, 0) is 6.42 Å². The van der Waals surface area contributed by atoms with Gasteiger partial charge >= 0.3 is 0 Å². The summed E-state index contributed by atoms with van der Waals surface area (Å²) in [6.07, 6.45) is 3.44. The third-order valence-electron chi connectivity index (χ3n) is 4.58. The first-order valence-electron chi connectivity index (χ1n) is 8.51. The predicted molar refractivity (Wildman–Crippen MR) is 103 cm³/mol. The summed E-state index contributed by atoms with van der Waals surface area (Å²) in [5.41, 5.74) is 3.38. The Morgan fingerprint density at radius 3 is 2.80 bits per heavy atom. The van der Waals surface area contributed by atoms with E-state index in [9.17, 15) is 0 Å². The average molecular weight is 419 g/mol. The van der Waals surface area contributed by atoms with Crippen LogP contribution in [0.4, 0.5) is 5.69 Å². The fraction of sp³-hybridized carbons (Fsp3) is 0.389. The quantitative estimate of drug-likeness (QED) is 0.602. The molecule has 0 saturated carbocycles. The SMILES string of the molecule is CCc1csc([C@@H]2CCCN(c3ccc(-c4nnc(Br)o4)cc3)C2)n1. The van der Waals surface area contributed by atoms with Crippen LogP contribution in [0.1, 0.15) is 36.4 Å². The number of aryl methyl sites for hydroxylation is 1. The molecule has 25 heavy (non-hydrogen) atoms. The highest BCUT2D eigenvalue weighted by molar-refractivity contribution is 9.10. The Kier molecular flexibility index (Phi) is 4.85. The van der Waals surface area contributed by atoms with Gasteiger partial charge in [0.05, 0.1) is 10.7 Å². The van der Waals surface area contributed by atoms with Crippen LogP contribution in [0.3, 0.4) is 0 Å². The number of halogens is 1. The van der Waals surface area contributed by atoms with E-state index in [1.165, 1.54) is 29.2 Å². The van der Waals surface area contributed by atoms with Gasteiger partial charge in [0.15, 0.2) is 0 Å². The summed E-state index contributed by atoms with van der Waals surface area (Å²) in [5.74, 6) is 1.07. The molecule has 3 aromatic rings. The zero-order chi connectivity index (χ0) is 17.2. The number of anilines is 1. The summed E-state index contributed by atoms with van der Waals surface area (Å²) in [6, 6.07) is 8.35. The van der Waals surface area contributed by atoms with E-state index in [-0.39, 0.29) is 0 Å². The van der Waals surface area contributed by atoms with Crippen LogP contribution in [0.15, 0.2) is 38.9 Å². The van der Waals surface area contributed by atoms with E-state index < -0.39 is 0 Å². The Morgan fingerprint density at radius 1 is 1.28 bits per heavy atom. The molecule has 1 aromatic carbocycles. The van der Waals surface area contributed by atoms with Crippen molar-refractivity contribution in [2.75, 3.05) is 18.0 Å². The van der Waals surface area contributed by atoms with Gasteiger partial charge in [0, 0.05) is 51.6 Å². The molecule has 0 aliphatic carbocycles. The third kappa shape index (κ3) is 3.62. The van der Waals surface area contributed by atoms with Gasteiger partial charge in [-0.15, -0.1) is 21.5 Å². The van der Waals surface area contributed by atoms with E-state index in [2.05, 4.69) is 55.5 Å². The highest BCUT2D eigenvalue weighted by atomic mass is 79.9. The molecule has 1 aliphatic rings. The second kappa shape index (κ2) is 7.25. The summed E-state index contributed by atoms with van der Waals surface area (Å²) >= 11 is 5.00. The molecular formula is C18H19BrN4OS. The lowest BCUT2D eigenvalue weighted by Gasteiger charge is -2.33. The molecule has 7 heteroatoms. The van der Waals surface area contributed by atoms with E-state index in [4.69, 9.17) is 9.40 Å². The predicted octanol–water partition coefficient (Wildman–Crippen LogP) is 4.90. The Bertz CT molecular complexity index is 845. The zero-order valence-corrected chi connectivity index (χ0v) is 16.4. The minimum Gasteiger partial charge on any atom is -0.411 e. The maximum atomic E-state index is 5.42. The number of rotatable bonds is 4. The summed E-state index contributed by atoms with van der Waals surface area (Å²) in [4.78, 5) is 7.65. The molecule has 0 spiro atoms. The van der Waals surface area contributed by atoms with E-state index >= 15 is 0 Å². The molecule has 4 rings (SSSR count). The van der Waals surface area contributed by atoms with Crippen LogP contribution < -0.4 is 4.90 Å². The highest BCUT2D eigenvalue weighted by Gasteiger charge is 2.24. The van der Waals surface area contributed by atoms with E-state index in [0.717, 1.165) is 25.1 Å². The minimum absolute atomic E-state index is 0.403. The number of aromatic nitrogens is 3. The molecule has 1 aliphatic heterocycles. The van der Waals surface area contributed by atoms with Gasteiger partial charge in [0.2, 0.25) is 5.89 Å². The molecule has 0 unspecified atom stereocenters. The minimum atomic E-state index is 0.403. The number of thiazole rings is 1. The van der Waals surface area contributed by atoms with Crippen molar-refractivity contribution in [2.45, 2.75) is 32.1 Å². The molecule has 130 valence electrons. The highest BCUT2D eigenvalue weighted by Crippen LogP contribution is 2.32. The number of benzene rings is 1. The molecule has 1 atom stereocenters. The van der Waals surface area contributed by atoms with Crippen LogP contribution in [0.25, 0.3) is 11.5 Å². The fourth-order valence-electron chi connectivity index (χ4n) is 3.22. The zero-order valence-electron chi connectivity index (χ0n) is 14.0. The first-order chi connectivity index (χ1) is 12.2. The van der Waals surface area contributed by atoms with Gasteiger partial charge in [-0.1, -0.05) is 6.92 Å². The lowest BCUT2D eigenvalue weighted by molar-refractivity contribution is 0.508. The summed E-state index contributed by atoms with van der Waals surface area (Å²) in [5, 5.41) is 11.3. The van der Waals surface area contributed by atoms with Crippen LogP contribution in [0.5, 0.6) is 0 Å². The second-order valence-corrected chi connectivity index (χ2v) is 7.79. The van der Waals surface area contributed by atoms with Crippen LogP contribution in [-0.4, -0.2) is 28.3 Å². The van der Waals surface area contributed by atoms with Crippen molar-refractivity contribution in [3.8, 4) is 11.5 Å². The van der Waals surface area contributed by atoms with Gasteiger partial charge in [-0.2, -0.15) is 0 Å². The largest absolute Gasteiger partial charge is 0.411 e. The number of piperidine rings is 1. The molecule has 1 fully saturated rings. The van der Waals surface area contributed by atoms with Crippen LogP contribution >= 0.6 is 27.3 Å². The van der Waals surface area contributed by atoms with Crippen molar-refractivity contribution < 1.29 is 4.42 Å². The number of hydrogen-bond acceptors (Lipinski definition) is 6. The molecular weight excluding hydrogens is 400 g/mol. The first-order valence-corrected chi connectivity index (χ1v) is 10.2. The Hall–Kier alpha value is -1.73. The van der Waals surface area contributed by atoms with Gasteiger partial charge in [-0.05, 0) is 43.5 Å². The van der Waals surface area contributed by atoms with Crippen molar-refractivity contribution in [3.05, 3.63) is 45.1 Å². The summed E-state index contributed by atoms with van der Waals surface area (Å²) in [7, 11) is 0. The van der Waals surface area contributed by atoms with Gasteiger partial charge in [-0.3, -0.25) is 0 Å². The Balaban J connectivity index is 1.49. The molecule has 1 saturated heterocycles. The maximum Gasteiger partial charge on any atom is 0.285 e. The van der Waals surface area contributed by atoms with Crippen molar-refractivity contribution in [1.82, 2.24) is 15.2 Å². The van der Waals surface area contributed by atoms with Crippen molar-refractivity contribution in [2.24, 2.45) is 0 Å². The molecule has 0 bridgehead atoms. The third-order valence-corrected chi connectivity index (χ3v) is 5.96. The topological polar surface area (TPSA) is 55.1 Å². The van der Waals surface area contributed by atoms with Crippen molar-refractivity contribution in [3.63, 3.8) is 0 Å². The van der Waals surface area contributed by atoms with E-state index in [1.807, 2.05) is 23.5 Å². The summed E-state index contributed by atoms with van der Waals surface area (Å²) < 4.78 is 5.42. The molecule has 3 heterocycles. The van der Waals surface area contributed by atoms with E-state index in [0.29, 0.717) is 16.6 Å².